The van der Waals surface area contributed by atoms with Gasteiger partial charge in [-0.25, -0.2) is 4.98 Å². The number of aromatic nitrogens is 2. The zero-order valence-electron chi connectivity index (χ0n) is 11.2. The lowest BCUT2D eigenvalue weighted by atomic mass is 9.85. The van der Waals surface area contributed by atoms with Gasteiger partial charge in [-0.3, -0.25) is 0 Å². The van der Waals surface area contributed by atoms with E-state index in [9.17, 15) is 0 Å². The molecule has 0 spiro atoms. The van der Waals surface area contributed by atoms with Crippen LogP contribution in [0.2, 0.25) is 0 Å². The van der Waals surface area contributed by atoms with Crippen LogP contribution in [0.3, 0.4) is 0 Å². The van der Waals surface area contributed by atoms with Gasteiger partial charge in [0.15, 0.2) is 0 Å². The maximum absolute atomic E-state index is 4.69. The Morgan fingerprint density at radius 2 is 2.37 bits per heavy atom. The van der Waals surface area contributed by atoms with E-state index in [0.29, 0.717) is 5.92 Å². The van der Waals surface area contributed by atoms with Crippen molar-refractivity contribution in [1.82, 2.24) is 15.3 Å². The number of hydrogen-bond donors (Lipinski definition) is 2. The number of H-pyrrole nitrogens is 1. The van der Waals surface area contributed by atoms with Crippen molar-refractivity contribution in [1.29, 1.82) is 0 Å². The monoisotopic (exact) mass is 321 g/mol. The van der Waals surface area contributed by atoms with Crippen LogP contribution in [-0.2, 0) is 6.42 Å². The average Bonchev–Trinajstić information content (AvgIpc) is 2.81. The third kappa shape index (κ3) is 3.00. The van der Waals surface area contributed by atoms with Crippen molar-refractivity contribution >= 4 is 27.0 Å². The van der Waals surface area contributed by atoms with Gasteiger partial charge in [-0.15, -0.1) is 0 Å². The SMILES string of the molecule is CC(Cc1nc2ccc(Br)cc2[nH]1)C1CCCNC1. The molecule has 1 aliphatic rings. The largest absolute Gasteiger partial charge is 0.342 e. The fraction of sp³-hybridized carbons (Fsp3) is 0.533. The second-order valence-corrected chi connectivity index (χ2v) is 6.55. The highest BCUT2D eigenvalue weighted by Crippen LogP contribution is 2.24. The Morgan fingerprint density at radius 1 is 1.47 bits per heavy atom. The fourth-order valence-electron chi connectivity index (χ4n) is 2.97. The lowest BCUT2D eigenvalue weighted by Gasteiger charge is -2.27. The number of piperidine rings is 1. The first-order chi connectivity index (χ1) is 9.22. The molecule has 0 radical (unpaired) electrons. The molecule has 2 N–H and O–H groups in total. The molecule has 0 amide bonds. The molecule has 0 aliphatic carbocycles. The highest BCUT2D eigenvalue weighted by Gasteiger charge is 2.21. The summed E-state index contributed by atoms with van der Waals surface area (Å²) in [6.45, 7) is 4.69. The average molecular weight is 322 g/mol. The molecule has 1 aromatic heterocycles. The minimum absolute atomic E-state index is 0.678. The van der Waals surface area contributed by atoms with Crippen molar-refractivity contribution in [3.05, 3.63) is 28.5 Å². The van der Waals surface area contributed by atoms with Crippen LogP contribution in [0.25, 0.3) is 11.0 Å². The van der Waals surface area contributed by atoms with E-state index in [4.69, 9.17) is 4.98 Å². The Morgan fingerprint density at radius 3 is 3.16 bits per heavy atom. The summed E-state index contributed by atoms with van der Waals surface area (Å²) in [5.74, 6) is 2.58. The molecule has 1 saturated heterocycles. The molecule has 0 saturated carbocycles. The van der Waals surface area contributed by atoms with Crippen LogP contribution < -0.4 is 5.32 Å². The first-order valence-electron chi connectivity index (χ1n) is 7.07. The summed E-state index contributed by atoms with van der Waals surface area (Å²) in [5, 5.41) is 3.50. The molecule has 1 aliphatic heterocycles. The van der Waals surface area contributed by atoms with Gasteiger partial charge in [0.25, 0.3) is 0 Å². The van der Waals surface area contributed by atoms with Gasteiger partial charge in [0.2, 0.25) is 0 Å². The minimum atomic E-state index is 0.678. The van der Waals surface area contributed by atoms with Gasteiger partial charge in [-0.05, 0) is 56.0 Å². The number of nitrogens with zero attached hydrogens (tertiary/aromatic N) is 1. The molecule has 2 aromatic rings. The van der Waals surface area contributed by atoms with Gasteiger partial charge < -0.3 is 10.3 Å². The van der Waals surface area contributed by atoms with Crippen molar-refractivity contribution in [3.63, 3.8) is 0 Å². The van der Waals surface area contributed by atoms with Crippen LogP contribution in [-0.4, -0.2) is 23.1 Å². The predicted octanol–water partition coefficient (Wildman–Crippen LogP) is 3.50. The predicted molar refractivity (Wildman–Crippen MR) is 82.3 cm³/mol. The van der Waals surface area contributed by atoms with Gasteiger partial charge in [0, 0.05) is 10.9 Å². The molecule has 3 nitrogen and oxygen atoms in total. The van der Waals surface area contributed by atoms with E-state index in [-0.39, 0.29) is 0 Å². The Kier molecular flexibility index (Phi) is 3.89. The van der Waals surface area contributed by atoms with E-state index in [1.54, 1.807) is 0 Å². The summed E-state index contributed by atoms with van der Waals surface area (Å²) in [7, 11) is 0. The molecule has 3 rings (SSSR count). The Bertz CT molecular complexity index is 558. The van der Waals surface area contributed by atoms with Crippen molar-refractivity contribution in [2.45, 2.75) is 26.2 Å². The zero-order chi connectivity index (χ0) is 13.2. The zero-order valence-corrected chi connectivity index (χ0v) is 12.8. The third-order valence-electron chi connectivity index (χ3n) is 4.15. The summed E-state index contributed by atoms with van der Waals surface area (Å²) in [6, 6.07) is 6.20. The molecular formula is C15H20BrN3. The highest BCUT2D eigenvalue weighted by molar-refractivity contribution is 9.10. The molecule has 1 aromatic carbocycles. The van der Waals surface area contributed by atoms with Crippen molar-refractivity contribution in [2.24, 2.45) is 11.8 Å². The quantitative estimate of drug-likeness (QED) is 0.908. The van der Waals surface area contributed by atoms with E-state index >= 15 is 0 Å². The number of aromatic amines is 1. The van der Waals surface area contributed by atoms with Crippen molar-refractivity contribution in [3.8, 4) is 0 Å². The molecule has 19 heavy (non-hydrogen) atoms. The van der Waals surface area contributed by atoms with E-state index in [2.05, 4.69) is 45.3 Å². The number of halogens is 1. The number of benzene rings is 1. The van der Waals surface area contributed by atoms with Crippen LogP contribution >= 0.6 is 15.9 Å². The minimum Gasteiger partial charge on any atom is -0.342 e. The topological polar surface area (TPSA) is 40.7 Å². The van der Waals surface area contributed by atoms with Crippen LogP contribution in [0.1, 0.15) is 25.6 Å². The number of fused-ring (bicyclic) bond motifs is 1. The van der Waals surface area contributed by atoms with Gasteiger partial charge in [0.05, 0.1) is 11.0 Å². The Balaban J connectivity index is 1.73. The molecule has 102 valence electrons. The maximum atomic E-state index is 4.69. The fourth-order valence-corrected chi connectivity index (χ4v) is 3.33. The number of hydrogen-bond acceptors (Lipinski definition) is 2. The van der Waals surface area contributed by atoms with E-state index in [1.807, 2.05) is 6.07 Å². The second kappa shape index (κ2) is 5.63. The summed E-state index contributed by atoms with van der Waals surface area (Å²) < 4.78 is 1.10. The molecule has 1 fully saturated rings. The smallest absolute Gasteiger partial charge is 0.107 e. The summed E-state index contributed by atoms with van der Waals surface area (Å²) in [5.41, 5.74) is 2.19. The van der Waals surface area contributed by atoms with Crippen molar-refractivity contribution in [2.75, 3.05) is 13.1 Å². The molecular weight excluding hydrogens is 302 g/mol. The van der Waals surface area contributed by atoms with E-state index < -0.39 is 0 Å². The van der Waals surface area contributed by atoms with Crippen LogP contribution in [0, 0.1) is 11.8 Å². The van der Waals surface area contributed by atoms with Gasteiger partial charge in [0.1, 0.15) is 5.82 Å². The highest BCUT2D eigenvalue weighted by atomic mass is 79.9. The molecule has 2 unspecified atom stereocenters. The number of imidazole rings is 1. The lowest BCUT2D eigenvalue weighted by Crippen LogP contribution is -2.34. The molecule has 2 atom stereocenters. The molecule has 2 heterocycles. The Hall–Kier alpha value is -0.870. The maximum Gasteiger partial charge on any atom is 0.107 e. The summed E-state index contributed by atoms with van der Waals surface area (Å²) in [6.07, 6.45) is 3.70. The summed E-state index contributed by atoms with van der Waals surface area (Å²) >= 11 is 3.50. The normalized spacial score (nSPS) is 21.7. The number of nitrogens with one attached hydrogen (secondary N) is 2. The van der Waals surface area contributed by atoms with Gasteiger partial charge >= 0.3 is 0 Å². The van der Waals surface area contributed by atoms with E-state index in [0.717, 1.165) is 40.2 Å². The second-order valence-electron chi connectivity index (χ2n) is 5.63. The number of rotatable bonds is 3. The van der Waals surface area contributed by atoms with Crippen LogP contribution in [0.15, 0.2) is 22.7 Å². The first-order valence-corrected chi connectivity index (χ1v) is 7.86. The van der Waals surface area contributed by atoms with Gasteiger partial charge in [-0.1, -0.05) is 22.9 Å². The summed E-state index contributed by atoms with van der Waals surface area (Å²) in [4.78, 5) is 8.14. The lowest BCUT2D eigenvalue weighted by molar-refractivity contribution is 0.276. The van der Waals surface area contributed by atoms with Crippen LogP contribution in [0.5, 0.6) is 0 Å². The molecule has 0 bridgehead atoms. The third-order valence-corrected chi connectivity index (χ3v) is 4.64. The van der Waals surface area contributed by atoms with Gasteiger partial charge in [-0.2, -0.15) is 0 Å². The van der Waals surface area contributed by atoms with E-state index in [1.165, 1.54) is 19.4 Å². The molecule has 4 heteroatoms. The first kappa shape index (κ1) is 13.1. The van der Waals surface area contributed by atoms with Crippen molar-refractivity contribution < 1.29 is 0 Å². The standard InChI is InChI=1S/C15H20BrN3/c1-10(11-3-2-6-17-9-11)7-15-18-13-5-4-12(16)8-14(13)19-15/h4-5,8,10-11,17H,2-3,6-7,9H2,1H3,(H,18,19). The van der Waals surface area contributed by atoms with Crippen LogP contribution in [0.4, 0.5) is 0 Å². The Labute approximate surface area is 122 Å².